The summed E-state index contributed by atoms with van der Waals surface area (Å²) in [6.45, 7) is 9.80. The Kier molecular flexibility index (Phi) is 6.80. The van der Waals surface area contributed by atoms with Crippen molar-refractivity contribution in [2.45, 2.75) is 63.9 Å². The van der Waals surface area contributed by atoms with Gasteiger partial charge in [-0.15, -0.1) is 11.8 Å². The lowest BCUT2D eigenvalue weighted by Crippen LogP contribution is -2.35. The lowest BCUT2D eigenvalue weighted by Gasteiger charge is -2.20. The molecule has 0 aliphatic rings. The first kappa shape index (κ1) is 15.6. The lowest BCUT2D eigenvalue weighted by atomic mass is 10.1. The highest BCUT2D eigenvalue weighted by Crippen LogP contribution is 2.20. The number of hydrogen-bond donors (Lipinski definition) is 1. The SMILES string of the molecule is CCCCCSc1ccc(CNC(C)(C)C)cc1. The van der Waals surface area contributed by atoms with Crippen LogP contribution in [0.1, 0.15) is 52.5 Å². The second-order valence-corrected chi connectivity index (χ2v) is 6.97. The third-order valence-electron chi connectivity index (χ3n) is 2.76. The Morgan fingerprint density at radius 1 is 1.06 bits per heavy atom. The van der Waals surface area contributed by atoms with E-state index in [-0.39, 0.29) is 5.54 Å². The van der Waals surface area contributed by atoms with Crippen LogP contribution < -0.4 is 5.32 Å². The van der Waals surface area contributed by atoms with E-state index >= 15 is 0 Å². The summed E-state index contributed by atoms with van der Waals surface area (Å²) in [6.07, 6.45) is 3.98. The molecule has 0 aromatic heterocycles. The molecule has 0 heterocycles. The minimum atomic E-state index is 0.188. The van der Waals surface area contributed by atoms with Gasteiger partial charge in [0.1, 0.15) is 0 Å². The van der Waals surface area contributed by atoms with Crippen LogP contribution in [0.3, 0.4) is 0 Å². The van der Waals surface area contributed by atoms with Gasteiger partial charge in [0.15, 0.2) is 0 Å². The summed E-state index contributed by atoms with van der Waals surface area (Å²) in [5.41, 5.74) is 1.55. The van der Waals surface area contributed by atoms with E-state index in [1.54, 1.807) is 0 Å². The normalized spacial score (nSPS) is 11.8. The average Bonchev–Trinajstić information content (AvgIpc) is 2.33. The quantitative estimate of drug-likeness (QED) is 0.558. The molecule has 0 amide bonds. The van der Waals surface area contributed by atoms with Gasteiger partial charge in [-0.2, -0.15) is 0 Å². The molecule has 18 heavy (non-hydrogen) atoms. The largest absolute Gasteiger partial charge is 0.308 e. The van der Waals surface area contributed by atoms with E-state index in [0.29, 0.717) is 0 Å². The van der Waals surface area contributed by atoms with E-state index in [4.69, 9.17) is 0 Å². The van der Waals surface area contributed by atoms with Crippen molar-refractivity contribution in [1.82, 2.24) is 5.32 Å². The van der Waals surface area contributed by atoms with Crippen LogP contribution in [0, 0.1) is 0 Å². The zero-order valence-corrected chi connectivity index (χ0v) is 13.1. The Morgan fingerprint density at radius 2 is 1.72 bits per heavy atom. The third-order valence-corrected chi connectivity index (χ3v) is 3.86. The maximum atomic E-state index is 3.51. The fourth-order valence-electron chi connectivity index (χ4n) is 1.61. The molecule has 0 spiro atoms. The second kappa shape index (κ2) is 7.85. The molecule has 1 nitrogen and oxygen atoms in total. The summed E-state index contributed by atoms with van der Waals surface area (Å²) in [5.74, 6) is 1.24. The number of benzene rings is 1. The fourth-order valence-corrected chi connectivity index (χ4v) is 2.53. The van der Waals surface area contributed by atoms with E-state index in [2.05, 4.69) is 57.3 Å². The van der Waals surface area contributed by atoms with E-state index < -0.39 is 0 Å². The van der Waals surface area contributed by atoms with Crippen molar-refractivity contribution in [3.05, 3.63) is 29.8 Å². The van der Waals surface area contributed by atoms with Crippen LogP contribution in [0.4, 0.5) is 0 Å². The van der Waals surface area contributed by atoms with Crippen LogP contribution >= 0.6 is 11.8 Å². The molecule has 0 fully saturated rings. The molecular formula is C16H27NS. The monoisotopic (exact) mass is 265 g/mol. The van der Waals surface area contributed by atoms with Crippen molar-refractivity contribution in [1.29, 1.82) is 0 Å². The number of hydrogen-bond acceptors (Lipinski definition) is 2. The fraction of sp³-hybridized carbons (Fsp3) is 0.625. The number of thioether (sulfide) groups is 1. The summed E-state index contributed by atoms with van der Waals surface area (Å²) in [4.78, 5) is 1.39. The molecule has 0 atom stereocenters. The van der Waals surface area contributed by atoms with Crippen molar-refractivity contribution in [3.63, 3.8) is 0 Å². The molecule has 0 aliphatic heterocycles. The van der Waals surface area contributed by atoms with Crippen LogP contribution in [0.2, 0.25) is 0 Å². The number of rotatable bonds is 7. The highest BCUT2D eigenvalue weighted by atomic mass is 32.2. The molecule has 0 aliphatic carbocycles. The molecule has 0 saturated heterocycles. The van der Waals surface area contributed by atoms with Gasteiger partial charge in [0.05, 0.1) is 0 Å². The van der Waals surface area contributed by atoms with Crippen molar-refractivity contribution >= 4 is 11.8 Å². The molecule has 0 unspecified atom stereocenters. The maximum absolute atomic E-state index is 3.51. The zero-order chi connectivity index (χ0) is 13.4. The van der Waals surface area contributed by atoms with Gasteiger partial charge in [0.25, 0.3) is 0 Å². The van der Waals surface area contributed by atoms with Crippen LogP contribution in [-0.4, -0.2) is 11.3 Å². The van der Waals surface area contributed by atoms with Gasteiger partial charge in [0.2, 0.25) is 0 Å². The van der Waals surface area contributed by atoms with Gasteiger partial charge in [-0.25, -0.2) is 0 Å². The Morgan fingerprint density at radius 3 is 2.28 bits per heavy atom. The van der Waals surface area contributed by atoms with Crippen LogP contribution in [-0.2, 0) is 6.54 Å². The first-order chi connectivity index (χ1) is 8.51. The molecule has 1 aromatic rings. The first-order valence-corrected chi connectivity index (χ1v) is 7.96. The summed E-state index contributed by atoms with van der Waals surface area (Å²) < 4.78 is 0. The molecule has 0 radical (unpaired) electrons. The van der Waals surface area contributed by atoms with Gasteiger partial charge >= 0.3 is 0 Å². The van der Waals surface area contributed by atoms with E-state index in [1.807, 2.05) is 11.8 Å². The van der Waals surface area contributed by atoms with Crippen molar-refractivity contribution in [3.8, 4) is 0 Å². The molecule has 1 N–H and O–H groups in total. The Balaban J connectivity index is 2.33. The van der Waals surface area contributed by atoms with E-state index in [0.717, 1.165) is 6.54 Å². The molecule has 0 saturated carbocycles. The molecule has 2 heteroatoms. The molecular weight excluding hydrogens is 238 g/mol. The predicted molar refractivity (Wildman–Crippen MR) is 83.3 cm³/mol. The van der Waals surface area contributed by atoms with Gasteiger partial charge < -0.3 is 5.32 Å². The summed E-state index contributed by atoms with van der Waals surface area (Å²) >= 11 is 1.97. The molecule has 1 aromatic carbocycles. The Bertz CT molecular complexity index is 324. The highest BCUT2D eigenvalue weighted by Gasteiger charge is 2.07. The van der Waals surface area contributed by atoms with Gasteiger partial charge in [0, 0.05) is 17.0 Å². The second-order valence-electron chi connectivity index (χ2n) is 5.80. The van der Waals surface area contributed by atoms with Crippen molar-refractivity contribution in [2.24, 2.45) is 0 Å². The molecule has 0 bridgehead atoms. The average molecular weight is 265 g/mol. The lowest BCUT2D eigenvalue weighted by molar-refractivity contribution is 0.424. The standard InChI is InChI=1S/C16H27NS/c1-5-6-7-12-18-15-10-8-14(9-11-15)13-17-16(2,3)4/h8-11,17H,5-7,12-13H2,1-4H3. The third kappa shape index (κ3) is 7.07. The van der Waals surface area contributed by atoms with Crippen LogP contribution in [0.25, 0.3) is 0 Å². The summed E-state index contributed by atoms with van der Waals surface area (Å²) in [6, 6.07) is 8.97. The maximum Gasteiger partial charge on any atom is 0.0210 e. The summed E-state index contributed by atoms with van der Waals surface area (Å²) in [5, 5.41) is 3.51. The van der Waals surface area contributed by atoms with Gasteiger partial charge in [-0.3, -0.25) is 0 Å². The summed E-state index contributed by atoms with van der Waals surface area (Å²) in [7, 11) is 0. The van der Waals surface area contributed by atoms with E-state index in [9.17, 15) is 0 Å². The smallest absolute Gasteiger partial charge is 0.0210 e. The number of unbranched alkanes of at least 4 members (excludes halogenated alkanes) is 2. The van der Waals surface area contributed by atoms with Gasteiger partial charge in [-0.1, -0.05) is 31.9 Å². The first-order valence-electron chi connectivity index (χ1n) is 6.98. The molecule has 102 valence electrons. The topological polar surface area (TPSA) is 12.0 Å². The highest BCUT2D eigenvalue weighted by molar-refractivity contribution is 7.99. The van der Waals surface area contributed by atoms with Crippen LogP contribution in [0.15, 0.2) is 29.2 Å². The van der Waals surface area contributed by atoms with Gasteiger partial charge in [-0.05, 0) is 50.6 Å². The zero-order valence-electron chi connectivity index (χ0n) is 12.3. The minimum absolute atomic E-state index is 0.188. The van der Waals surface area contributed by atoms with Crippen molar-refractivity contribution in [2.75, 3.05) is 5.75 Å². The van der Waals surface area contributed by atoms with Crippen LogP contribution in [0.5, 0.6) is 0 Å². The Labute approximate surface area is 117 Å². The minimum Gasteiger partial charge on any atom is -0.308 e. The van der Waals surface area contributed by atoms with Crippen molar-refractivity contribution < 1.29 is 0 Å². The molecule has 1 rings (SSSR count). The Hall–Kier alpha value is -0.470. The number of nitrogens with one attached hydrogen (secondary N) is 1. The van der Waals surface area contributed by atoms with E-state index in [1.165, 1.54) is 35.5 Å². The predicted octanol–water partition coefficient (Wildman–Crippen LogP) is 4.86.